The van der Waals surface area contributed by atoms with Crippen LogP contribution in [0.15, 0.2) is 12.2 Å². The van der Waals surface area contributed by atoms with Crippen LogP contribution in [0.3, 0.4) is 0 Å². The first-order valence-electron chi connectivity index (χ1n) is 5.16. The Morgan fingerprint density at radius 2 is 1.69 bits per heavy atom. The van der Waals surface area contributed by atoms with E-state index < -0.39 is 0 Å². The van der Waals surface area contributed by atoms with Gasteiger partial charge in [-0.3, -0.25) is 0 Å². The Labute approximate surface area is 81.2 Å². The summed E-state index contributed by atoms with van der Waals surface area (Å²) in [6.45, 7) is 14.3. The normalized spacial score (nSPS) is 40.8. The zero-order valence-electron chi connectivity index (χ0n) is 9.24. The van der Waals surface area contributed by atoms with Crippen LogP contribution in [0.4, 0.5) is 0 Å². The lowest BCUT2D eigenvalue weighted by Crippen LogP contribution is -2.44. The van der Waals surface area contributed by atoms with Gasteiger partial charge in [0.2, 0.25) is 0 Å². The van der Waals surface area contributed by atoms with E-state index in [2.05, 4.69) is 34.3 Å². The van der Waals surface area contributed by atoms with Gasteiger partial charge in [-0.05, 0) is 29.2 Å². The molecular formula is C12H20O. The van der Waals surface area contributed by atoms with Crippen molar-refractivity contribution in [2.45, 2.75) is 46.1 Å². The van der Waals surface area contributed by atoms with E-state index in [0.717, 1.165) is 6.61 Å². The summed E-state index contributed by atoms with van der Waals surface area (Å²) < 4.78 is 5.70. The quantitative estimate of drug-likeness (QED) is 0.412. The molecule has 0 amide bonds. The molecule has 1 heteroatoms. The van der Waals surface area contributed by atoms with Gasteiger partial charge in [0.25, 0.3) is 0 Å². The second-order valence-corrected chi connectivity index (χ2v) is 5.86. The van der Waals surface area contributed by atoms with E-state index in [1.165, 1.54) is 18.4 Å². The fourth-order valence-electron chi connectivity index (χ4n) is 2.57. The first-order chi connectivity index (χ1) is 5.82. The molecule has 0 aromatic heterocycles. The molecule has 1 aliphatic heterocycles. The molecule has 0 aromatic carbocycles. The van der Waals surface area contributed by atoms with Crippen LogP contribution >= 0.6 is 0 Å². The third kappa shape index (κ3) is 1.03. The molecule has 2 rings (SSSR count). The largest absolute Gasteiger partial charge is 0.364 e. The van der Waals surface area contributed by atoms with Gasteiger partial charge < -0.3 is 4.74 Å². The lowest BCUT2D eigenvalue weighted by molar-refractivity contribution is 0.0832. The Morgan fingerprint density at radius 3 is 2.08 bits per heavy atom. The van der Waals surface area contributed by atoms with Crippen molar-refractivity contribution >= 4 is 0 Å². The second-order valence-electron chi connectivity index (χ2n) is 5.86. The Kier molecular flexibility index (Phi) is 1.56. The van der Waals surface area contributed by atoms with Crippen LogP contribution in [0, 0.1) is 10.8 Å². The molecule has 0 radical (unpaired) electrons. The Morgan fingerprint density at radius 1 is 1.15 bits per heavy atom. The number of rotatable bonds is 0. The topological polar surface area (TPSA) is 12.5 Å². The number of hydrogen-bond acceptors (Lipinski definition) is 1. The number of epoxide rings is 1. The summed E-state index contributed by atoms with van der Waals surface area (Å²) in [6.07, 6.45) is 2.49. The first kappa shape index (κ1) is 9.26. The standard InChI is InChI=1S/C12H20O/c1-9-10(2,3)6-7-11(4,5)12(9)8-13-12/h1,6-8H2,2-5H3. The van der Waals surface area contributed by atoms with Crippen molar-refractivity contribution < 1.29 is 4.74 Å². The number of hydrogen-bond donors (Lipinski definition) is 0. The van der Waals surface area contributed by atoms with Crippen LogP contribution in [0.2, 0.25) is 0 Å². The van der Waals surface area contributed by atoms with Gasteiger partial charge in [-0.15, -0.1) is 0 Å². The monoisotopic (exact) mass is 180 g/mol. The minimum Gasteiger partial charge on any atom is -0.364 e. The van der Waals surface area contributed by atoms with Crippen molar-refractivity contribution in [1.29, 1.82) is 0 Å². The lowest BCUT2D eigenvalue weighted by atomic mass is 9.58. The minimum absolute atomic E-state index is 0.0226. The van der Waals surface area contributed by atoms with Crippen molar-refractivity contribution in [3.05, 3.63) is 12.2 Å². The van der Waals surface area contributed by atoms with Gasteiger partial charge in [0.05, 0.1) is 6.61 Å². The highest BCUT2D eigenvalue weighted by atomic mass is 16.6. The molecule has 0 bridgehead atoms. The molecule has 1 unspecified atom stereocenters. The van der Waals surface area contributed by atoms with Crippen LogP contribution in [0.1, 0.15) is 40.5 Å². The summed E-state index contributed by atoms with van der Waals surface area (Å²) in [5, 5.41) is 0. The van der Waals surface area contributed by atoms with Gasteiger partial charge in [0.1, 0.15) is 5.60 Å². The maximum absolute atomic E-state index is 5.70. The first-order valence-corrected chi connectivity index (χ1v) is 5.16. The molecule has 2 aliphatic rings. The number of ether oxygens (including phenoxy) is 1. The van der Waals surface area contributed by atoms with Crippen molar-refractivity contribution in [3.8, 4) is 0 Å². The van der Waals surface area contributed by atoms with E-state index >= 15 is 0 Å². The maximum atomic E-state index is 5.70. The SMILES string of the molecule is C=C1C(C)(C)CCC(C)(C)C12CO2. The summed E-state index contributed by atoms with van der Waals surface area (Å²) >= 11 is 0. The molecule has 1 heterocycles. The summed E-state index contributed by atoms with van der Waals surface area (Å²) in [5.74, 6) is 0. The van der Waals surface area contributed by atoms with Crippen LogP contribution in [-0.4, -0.2) is 12.2 Å². The van der Waals surface area contributed by atoms with Crippen molar-refractivity contribution in [2.24, 2.45) is 10.8 Å². The van der Waals surface area contributed by atoms with E-state index in [1.807, 2.05) is 0 Å². The molecule has 1 aliphatic carbocycles. The zero-order chi connectivity index (χ0) is 9.91. The Balaban J connectivity index is 2.36. The molecule has 1 saturated carbocycles. The van der Waals surface area contributed by atoms with Crippen LogP contribution in [0.25, 0.3) is 0 Å². The van der Waals surface area contributed by atoms with Crippen molar-refractivity contribution in [2.75, 3.05) is 6.61 Å². The average Bonchev–Trinajstić information content (AvgIpc) is 2.78. The van der Waals surface area contributed by atoms with Crippen LogP contribution < -0.4 is 0 Å². The molecule has 74 valence electrons. The lowest BCUT2D eigenvalue weighted by Gasteiger charge is -2.46. The molecule has 1 nitrogen and oxygen atoms in total. The summed E-state index contributed by atoms with van der Waals surface area (Å²) in [4.78, 5) is 0. The highest BCUT2D eigenvalue weighted by molar-refractivity contribution is 5.33. The molecule has 2 fully saturated rings. The molecule has 13 heavy (non-hydrogen) atoms. The van der Waals surface area contributed by atoms with Crippen molar-refractivity contribution in [1.82, 2.24) is 0 Å². The van der Waals surface area contributed by atoms with Crippen LogP contribution in [0.5, 0.6) is 0 Å². The second kappa shape index (κ2) is 2.20. The molecule has 0 N–H and O–H groups in total. The highest BCUT2D eigenvalue weighted by Crippen LogP contribution is 2.61. The summed E-state index contributed by atoms with van der Waals surface area (Å²) in [6, 6.07) is 0. The minimum atomic E-state index is 0.0226. The fraction of sp³-hybridized carbons (Fsp3) is 0.833. The molecular weight excluding hydrogens is 160 g/mol. The average molecular weight is 180 g/mol. The van der Waals surface area contributed by atoms with E-state index in [0.29, 0.717) is 5.41 Å². The zero-order valence-corrected chi connectivity index (χ0v) is 9.24. The van der Waals surface area contributed by atoms with E-state index in [9.17, 15) is 0 Å². The molecule has 1 spiro atoms. The summed E-state index contributed by atoms with van der Waals surface area (Å²) in [7, 11) is 0. The predicted octanol–water partition coefficient (Wildman–Crippen LogP) is 3.16. The van der Waals surface area contributed by atoms with E-state index in [1.54, 1.807) is 0 Å². The molecule has 0 aromatic rings. The van der Waals surface area contributed by atoms with Gasteiger partial charge in [0, 0.05) is 0 Å². The van der Waals surface area contributed by atoms with Gasteiger partial charge in [0.15, 0.2) is 0 Å². The van der Waals surface area contributed by atoms with Gasteiger partial charge in [-0.1, -0.05) is 34.3 Å². The van der Waals surface area contributed by atoms with Crippen LogP contribution in [-0.2, 0) is 4.74 Å². The predicted molar refractivity (Wildman–Crippen MR) is 54.6 cm³/mol. The van der Waals surface area contributed by atoms with Gasteiger partial charge in [-0.2, -0.15) is 0 Å². The third-order valence-corrected chi connectivity index (χ3v) is 4.21. The van der Waals surface area contributed by atoms with E-state index in [4.69, 9.17) is 4.74 Å². The molecule has 1 saturated heterocycles. The summed E-state index contributed by atoms with van der Waals surface area (Å²) in [5.41, 5.74) is 1.90. The third-order valence-electron chi connectivity index (χ3n) is 4.21. The van der Waals surface area contributed by atoms with Gasteiger partial charge in [-0.25, -0.2) is 0 Å². The highest BCUT2D eigenvalue weighted by Gasteiger charge is 2.63. The smallest absolute Gasteiger partial charge is 0.118 e. The van der Waals surface area contributed by atoms with Gasteiger partial charge >= 0.3 is 0 Å². The fourth-order valence-corrected chi connectivity index (χ4v) is 2.57. The Bertz CT molecular complexity index is 256. The Hall–Kier alpha value is -0.300. The van der Waals surface area contributed by atoms with Crippen molar-refractivity contribution in [3.63, 3.8) is 0 Å². The molecule has 1 atom stereocenters. The van der Waals surface area contributed by atoms with E-state index in [-0.39, 0.29) is 11.0 Å². The maximum Gasteiger partial charge on any atom is 0.118 e.